The molecule has 0 aromatic carbocycles. The van der Waals surface area contributed by atoms with Gasteiger partial charge in [-0.1, -0.05) is 0 Å². The van der Waals surface area contributed by atoms with Gasteiger partial charge in [-0.05, 0) is 23.9 Å². The molecule has 1 rings (SSSR count). The van der Waals surface area contributed by atoms with Gasteiger partial charge in [-0.2, -0.15) is 13.2 Å². The maximum Gasteiger partial charge on any atom is 0.414 e. The SMILES string of the molecule is Cc1ccsc1CC(O)C(F)(F)F. The van der Waals surface area contributed by atoms with Gasteiger partial charge in [0.2, 0.25) is 0 Å². The maximum atomic E-state index is 11.9. The van der Waals surface area contributed by atoms with Crippen molar-refractivity contribution in [1.82, 2.24) is 0 Å². The van der Waals surface area contributed by atoms with E-state index in [0.717, 1.165) is 5.56 Å². The molecule has 1 aromatic heterocycles. The molecule has 13 heavy (non-hydrogen) atoms. The van der Waals surface area contributed by atoms with E-state index < -0.39 is 12.3 Å². The highest BCUT2D eigenvalue weighted by Gasteiger charge is 2.38. The first kappa shape index (κ1) is 10.5. The van der Waals surface area contributed by atoms with Crippen LogP contribution in [-0.4, -0.2) is 17.4 Å². The summed E-state index contributed by atoms with van der Waals surface area (Å²) in [7, 11) is 0. The smallest absolute Gasteiger partial charge is 0.383 e. The van der Waals surface area contributed by atoms with Crippen molar-refractivity contribution in [2.75, 3.05) is 0 Å². The van der Waals surface area contributed by atoms with E-state index in [1.165, 1.54) is 11.3 Å². The van der Waals surface area contributed by atoms with Crippen molar-refractivity contribution in [3.63, 3.8) is 0 Å². The lowest BCUT2D eigenvalue weighted by Gasteiger charge is -2.13. The quantitative estimate of drug-likeness (QED) is 0.795. The van der Waals surface area contributed by atoms with E-state index in [1.807, 2.05) is 0 Å². The molecular formula is C8H9F3OS. The molecule has 1 aromatic rings. The fourth-order valence-corrected chi connectivity index (χ4v) is 1.85. The van der Waals surface area contributed by atoms with Crippen molar-refractivity contribution in [2.24, 2.45) is 0 Å². The highest BCUT2D eigenvalue weighted by molar-refractivity contribution is 7.10. The molecule has 0 amide bonds. The van der Waals surface area contributed by atoms with Crippen LogP contribution in [0, 0.1) is 6.92 Å². The van der Waals surface area contributed by atoms with Gasteiger partial charge in [-0.3, -0.25) is 0 Å². The first-order chi connectivity index (χ1) is 5.91. The van der Waals surface area contributed by atoms with Crippen LogP contribution >= 0.6 is 11.3 Å². The normalized spacial score (nSPS) is 14.5. The summed E-state index contributed by atoms with van der Waals surface area (Å²) in [5.74, 6) is 0. The third kappa shape index (κ3) is 2.70. The predicted molar refractivity (Wildman–Crippen MR) is 44.8 cm³/mol. The molecule has 1 nitrogen and oxygen atoms in total. The molecule has 0 spiro atoms. The number of thiophene rings is 1. The van der Waals surface area contributed by atoms with Gasteiger partial charge in [0, 0.05) is 11.3 Å². The molecule has 1 atom stereocenters. The highest BCUT2D eigenvalue weighted by atomic mass is 32.1. The lowest BCUT2D eigenvalue weighted by molar-refractivity contribution is -0.202. The molecule has 0 aliphatic heterocycles. The fraction of sp³-hybridized carbons (Fsp3) is 0.500. The minimum absolute atomic E-state index is 0.340. The van der Waals surface area contributed by atoms with Gasteiger partial charge in [0.25, 0.3) is 0 Å². The molecule has 74 valence electrons. The van der Waals surface area contributed by atoms with Gasteiger partial charge in [-0.15, -0.1) is 11.3 Å². The molecule has 0 saturated heterocycles. The Morgan fingerprint density at radius 2 is 2.15 bits per heavy atom. The third-order valence-corrected chi connectivity index (χ3v) is 2.77. The zero-order chi connectivity index (χ0) is 10.1. The number of hydrogen-bond donors (Lipinski definition) is 1. The second kappa shape index (κ2) is 3.67. The average molecular weight is 210 g/mol. The number of alkyl halides is 3. The molecule has 0 fully saturated rings. The summed E-state index contributed by atoms with van der Waals surface area (Å²) < 4.78 is 35.8. The van der Waals surface area contributed by atoms with Crippen LogP contribution in [0.1, 0.15) is 10.4 Å². The van der Waals surface area contributed by atoms with Gasteiger partial charge in [-0.25, -0.2) is 0 Å². The van der Waals surface area contributed by atoms with Crippen molar-refractivity contribution < 1.29 is 18.3 Å². The first-order valence-electron chi connectivity index (χ1n) is 3.69. The number of hydrogen-bond acceptors (Lipinski definition) is 2. The molecule has 0 bridgehead atoms. The Bertz CT molecular complexity index is 279. The summed E-state index contributed by atoms with van der Waals surface area (Å²) in [6.45, 7) is 1.73. The molecule has 0 radical (unpaired) electrons. The number of aliphatic hydroxyl groups is 1. The number of rotatable bonds is 2. The van der Waals surface area contributed by atoms with E-state index in [9.17, 15) is 13.2 Å². The molecule has 1 unspecified atom stereocenters. The van der Waals surface area contributed by atoms with E-state index in [0.29, 0.717) is 4.88 Å². The second-order valence-electron chi connectivity index (χ2n) is 2.79. The van der Waals surface area contributed by atoms with Crippen LogP contribution in [0.15, 0.2) is 11.4 Å². The van der Waals surface area contributed by atoms with Gasteiger partial charge in [0.05, 0.1) is 0 Å². The summed E-state index contributed by atoms with van der Waals surface area (Å²) in [5, 5.41) is 10.5. The van der Waals surface area contributed by atoms with E-state index >= 15 is 0 Å². The fourth-order valence-electron chi connectivity index (χ4n) is 0.905. The number of aryl methyl sites for hydroxylation is 1. The monoisotopic (exact) mass is 210 g/mol. The topological polar surface area (TPSA) is 20.2 Å². The molecular weight excluding hydrogens is 201 g/mol. The van der Waals surface area contributed by atoms with Gasteiger partial charge >= 0.3 is 6.18 Å². The van der Waals surface area contributed by atoms with E-state index in [-0.39, 0.29) is 6.42 Å². The summed E-state index contributed by atoms with van der Waals surface area (Å²) >= 11 is 1.23. The zero-order valence-electron chi connectivity index (χ0n) is 6.93. The van der Waals surface area contributed by atoms with Crippen LogP contribution in [-0.2, 0) is 6.42 Å². The summed E-state index contributed by atoms with van der Waals surface area (Å²) in [6.07, 6.45) is -7.10. The number of aliphatic hydroxyl groups excluding tert-OH is 1. The Labute approximate surface area is 77.8 Å². The van der Waals surface area contributed by atoms with Crippen LogP contribution in [0.5, 0.6) is 0 Å². The summed E-state index contributed by atoms with van der Waals surface area (Å²) in [4.78, 5) is 0.588. The molecule has 5 heteroatoms. The van der Waals surface area contributed by atoms with Crippen molar-refractivity contribution >= 4 is 11.3 Å². The number of halogens is 3. The first-order valence-corrected chi connectivity index (χ1v) is 4.57. The van der Waals surface area contributed by atoms with Crippen LogP contribution in [0.2, 0.25) is 0 Å². The lowest BCUT2D eigenvalue weighted by atomic mass is 10.1. The lowest BCUT2D eigenvalue weighted by Crippen LogP contribution is -2.30. The van der Waals surface area contributed by atoms with Crippen LogP contribution in [0.3, 0.4) is 0 Å². The zero-order valence-corrected chi connectivity index (χ0v) is 7.75. The predicted octanol–water partition coefficient (Wildman–Crippen LogP) is 2.52. The Morgan fingerprint density at radius 3 is 2.54 bits per heavy atom. The molecule has 0 saturated carbocycles. The summed E-state index contributed by atoms with van der Waals surface area (Å²) in [5.41, 5.74) is 0.799. The minimum atomic E-state index is -4.52. The van der Waals surface area contributed by atoms with Crippen molar-refractivity contribution in [3.8, 4) is 0 Å². The standard InChI is InChI=1S/C8H9F3OS/c1-5-2-3-13-6(5)4-7(12)8(9,10)11/h2-3,7,12H,4H2,1H3. The maximum absolute atomic E-state index is 11.9. The molecule has 0 aliphatic carbocycles. The Kier molecular flexibility index (Phi) is 2.98. The highest BCUT2D eigenvalue weighted by Crippen LogP contribution is 2.26. The average Bonchev–Trinajstić information content (AvgIpc) is 2.34. The van der Waals surface area contributed by atoms with E-state index in [4.69, 9.17) is 5.11 Å². The molecule has 1 N–H and O–H groups in total. The Balaban J connectivity index is 2.65. The van der Waals surface area contributed by atoms with Gasteiger partial charge in [0.1, 0.15) is 0 Å². The second-order valence-corrected chi connectivity index (χ2v) is 3.79. The van der Waals surface area contributed by atoms with Gasteiger partial charge < -0.3 is 5.11 Å². The largest absolute Gasteiger partial charge is 0.414 e. The van der Waals surface area contributed by atoms with Crippen LogP contribution in [0.4, 0.5) is 13.2 Å². The molecule has 1 heterocycles. The summed E-state index contributed by atoms with van der Waals surface area (Å²) in [6, 6.07) is 1.74. The van der Waals surface area contributed by atoms with E-state index in [1.54, 1.807) is 18.4 Å². The Morgan fingerprint density at radius 1 is 1.54 bits per heavy atom. The Hall–Kier alpha value is -0.550. The minimum Gasteiger partial charge on any atom is -0.383 e. The third-order valence-electron chi connectivity index (χ3n) is 1.72. The van der Waals surface area contributed by atoms with Crippen molar-refractivity contribution in [1.29, 1.82) is 0 Å². The molecule has 0 aliphatic rings. The van der Waals surface area contributed by atoms with Crippen molar-refractivity contribution in [2.45, 2.75) is 25.6 Å². The van der Waals surface area contributed by atoms with Crippen LogP contribution in [0.25, 0.3) is 0 Å². The van der Waals surface area contributed by atoms with Gasteiger partial charge in [0.15, 0.2) is 6.10 Å². The van der Waals surface area contributed by atoms with Crippen LogP contribution < -0.4 is 0 Å². The van der Waals surface area contributed by atoms with Crippen molar-refractivity contribution in [3.05, 3.63) is 21.9 Å². The van der Waals surface area contributed by atoms with E-state index in [2.05, 4.69) is 0 Å².